The molecule has 0 aromatic carbocycles. The van der Waals surface area contributed by atoms with E-state index in [0.29, 0.717) is 24.0 Å². The average molecular weight is 194 g/mol. The molecule has 3 nitrogen and oxygen atoms in total. The Hall–Kier alpha value is -0.120. The lowest BCUT2D eigenvalue weighted by Gasteiger charge is -2.43. The lowest BCUT2D eigenvalue weighted by atomic mass is 9.58. The fourth-order valence-corrected chi connectivity index (χ4v) is 5.03. The summed E-state index contributed by atoms with van der Waals surface area (Å²) in [6.07, 6.45) is 3.46. The maximum absolute atomic E-state index is 6.10. The van der Waals surface area contributed by atoms with E-state index < -0.39 is 0 Å². The van der Waals surface area contributed by atoms with Crippen LogP contribution >= 0.6 is 0 Å². The van der Waals surface area contributed by atoms with Crippen LogP contribution in [0.4, 0.5) is 0 Å². The Bertz CT molecular complexity index is 330. The van der Waals surface area contributed by atoms with E-state index in [-0.39, 0.29) is 12.1 Å². The smallest absolute Gasteiger partial charge is 0.172 e. The van der Waals surface area contributed by atoms with Crippen LogP contribution in [0.25, 0.3) is 0 Å². The standard InChI is InChI=1S/C11H14O3/c1-11-7-5-3-2-4-6(7)10(14-11)12-8(4)9(5)13-11/h4-10H,2-3H2,1H3. The van der Waals surface area contributed by atoms with Crippen LogP contribution in [0.2, 0.25) is 0 Å². The molecule has 4 fully saturated rings. The van der Waals surface area contributed by atoms with Gasteiger partial charge in [0, 0.05) is 11.8 Å². The molecule has 0 amide bonds. The molecule has 3 saturated heterocycles. The fourth-order valence-electron chi connectivity index (χ4n) is 5.03. The number of rotatable bonds is 0. The van der Waals surface area contributed by atoms with E-state index in [9.17, 15) is 0 Å². The summed E-state index contributed by atoms with van der Waals surface area (Å²) in [5, 5.41) is 0. The molecule has 1 saturated carbocycles. The highest BCUT2D eigenvalue weighted by Crippen LogP contribution is 2.69. The van der Waals surface area contributed by atoms with E-state index in [4.69, 9.17) is 14.2 Å². The lowest BCUT2D eigenvalue weighted by Crippen LogP contribution is -2.49. The first-order chi connectivity index (χ1) is 6.78. The van der Waals surface area contributed by atoms with Crippen molar-refractivity contribution in [1.82, 2.24) is 0 Å². The van der Waals surface area contributed by atoms with Gasteiger partial charge in [0.15, 0.2) is 12.1 Å². The highest BCUT2D eigenvalue weighted by molar-refractivity contribution is 5.17. The molecule has 1 aliphatic carbocycles. The SMILES string of the molecule is CC12OC3OC4C5CCC(C4O1)C2C35. The van der Waals surface area contributed by atoms with Crippen molar-refractivity contribution in [2.24, 2.45) is 23.7 Å². The van der Waals surface area contributed by atoms with Gasteiger partial charge in [0.05, 0.1) is 12.2 Å². The summed E-state index contributed by atoms with van der Waals surface area (Å²) in [6, 6.07) is 0. The molecule has 8 atom stereocenters. The second-order valence-corrected chi connectivity index (χ2v) is 5.69. The molecule has 0 bridgehead atoms. The zero-order chi connectivity index (χ0) is 9.08. The molecule has 4 rings (SSSR count). The van der Waals surface area contributed by atoms with E-state index in [1.807, 2.05) is 0 Å². The van der Waals surface area contributed by atoms with Crippen molar-refractivity contribution in [3.05, 3.63) is 0 Å². The summed E-state index contributed by atoms with van der Waals surface area (Å²) in [5.74, 6) is 2.46. The molecule has 0 aromatic rings. The Morgan fingerprint density at radius 1 is 1.07 bits per heavy atom. The van der Waals surface area contributed by atoms with E-state index in [1.165, 1.54) is 12.8 Å². The molecule has 14 heavy (non-hydrogen) atoms. The lowest BCUT2D eigenvalue weighted by molar-refractivity contribution is -0.227. The third kappa shape index (κ3) is 0.503. The van der Waals surface area contributed by atoms with Crippen molar-refractivity contribution < 1.29 is 14.2 Å². The van der Waals surface area contributed by atoms with Crippen molar-refractivity contribution in [2.75, 3.05) is 0 Å². The summed E-state index contributed by atoms with van der Waals surface area (Å²) in [4.78, 5) is 0. The van der Waals surface area contributed by atoms with E-state index >= 15 is 0 Å². The van der Waals surface area contributed by atoms with Gasteiger partial charge >= 0.3 is 0 Å². The van der Waals surface area contributed by atoms with Gasteiger partial charge in [0.1, 0.15) is 0 Å². The first-order valence-corrected chi connectivity index (χ1v) is 5.79. The monoisotopic (exact) mass is 194 g/mol. The summed E-state index contributed by atoms with van der Waals surface area (Å²) in [7, 11) is 0. The molecule has 3 heterocycles. The van der Waals surface area contributed by atoms with Crippen molar-refractivity contribution in [1.29, 1.82) is 0 Å². The predicted molar refractivity (Wildman–Crippen MR) is 46.2 cm³/mol. The van der Waals surface area contributed by atoms with Crippen LogP contribution < -0.4 is 0 Å². The second-order valence-electron chi connectivity index (χ2n) is 5.69. The number of fused-ring (bicyclic) bond motifs is 8. The Morgan fingerprint density at radius 3 is 2.86 bits per heavy atom. The zero-order valence-corrected chi connectivity index (χ0v) is 8.18. The maximum atomic E-state index is 6.10. The van der Waals surface area contributed by atoms with Crippen LogP contribution in [0.15, 0.2) is 0 Å². The highest BCUT2D eigenvalue weighted by atomic mass is 16.8. The van der Waals surface area contributed by atoms with Crippen LogP contribution in [0.1, 0.15) is 19.8 Å². The largest absolute Gasteiger partial charge is 0.346 e. The third-order valence-electron chi connectivity index (χ3n) is 5.30. The number of ether oxygens (including phenoxy) is 3. The van der Waals surface area contributed by atoms with Crippen LogP contribution in [0, 0.1) is 23.7 Å². The number of hydrogen-bond donors (Lipinski definition) is 0. The Morgan fingerprint density at radius 2 is 1.93 bits per heavy atom. The molecule has 0 spiro atoms. The van der Waals surface area contributed by atoms with Gasteiger partial charge in [0.25, 0.3) is 0 Å². The zero-order valence-electron chi connectivity index (χ0n) is 8.18. The Labute approximate surface area is 82.7 Å². The van der Waals surface area contributed by atoms with Gasteiger partial charge in [-0.3, -0.25) is 0 Å². The van der Waals surface area contributed by atoms with Crippen molar-refractivity contribution in [2.45, 2.75) is 44.1 Å². The quantitative estimate of drug-likeness (QED) is 0.578. The molecular formula is C11H14O3. The first-order valence-electron chi connectivity index (χ1n) is 5.79. The molecule has 0 N–H and O–H groups in total. The van der Waals surface area contributed by atoms with Gasteiger partial charge in [-0.2, -0.15) is 0 Å². The van der Waals surface area contributed by atoms with Gasteiger partial charge < -0.3 is 14.2 Å². The van der Waals surface area contributed by atoms with Crippen LogP contribution in [0.5, 0.6) is 0 Å². The minimum atomic E-state index is -0.297. The number of hydrogen-bond acceptors (Lipinski definition) is 3. The summed E-state index contributed by atoms with van der Waals surface area (Å²) >= 11 is 0. The Balaban J connectivity index is 1.82. The van der Waals surface area contributed by atoms with E-state index in [2.05, 4.69) is 6.92 Å². The summed E-state index contributed by atoms with van der Waals surface area (Å²) in [5.41, 5.74) is 0. The van der Waals surface area contributed by atoms with E-state index in [1.54, 1.807) is 0 Å². The normalized spacial score (nSPS) is 76.5. The minimum absolute atomic E-state index is 0.0651. The molecule has 4 aliphatic rings. The molecule has 0 radical (unpaired) electrons. The highest BCUT2D eigenvalue weighted by Gasteiger charge is 2.76. The third-order valence-corrected chi connectivity index (χ3v) is 5.30. The summed E-state index contributed by atoms with van der Waals surface area (Å²) in [6.45, 7) is 2.12. The Kier molecular flexibility index (Phi) is 0.920. The van der Waals surface area contributed by atoms with E-state index in [0.717, 1.165) is 11.8 Å². The molecular weight excluding hydrogens is 180 g/mol. The maximum Gasteiger partial charge on any atom is 0.172 e. The van der Waals surface area contributed by atoms with Crippen LogP contribution in [-0.2, 0) is 14.2 Å². The van der Waals surface area contributed by atoms with Crippen molar-refractivity contribution in [3.8, 4) is 0 Å². The topological polar surface area (TPSA) is 27.7 Å². The second kappa shape index (κ2) is 1.79. The van der Waals surface area contributed by atoms with Gasteiger partial charge in [0.2, 0.25) is 0 Å². The predicted octanol–water partition coefficient (Wildman–Crippen LogP) is 1.13. The van der Waals surface area contributed by atoms with Gasteiger partial charge in [-0.15, -0.1) is 0 Å². The fraction of sp³-hybridized carbons (Fsp3) is 1.00. The molecule has 0 aromatic heterocycles. The first kappa shape index (κ1) is 7.20. The average Bonchev–Trinajstić information content (AvgIpc) is 2.62. The van der Waals surface area contributed by atoms with Crippen LogP contribution in [-0.4, -0.2) is 24.3 Å². The van der Waals surface area contributed by atoms with Crippen molar-refractivity contribution in [3.63, 3.8) is 0 Å². The molecule has 3 heteroatoms. The van der Waals surface area contributed by atoms with Crippen LogP contribution in [0.3, 0.4) is 0 Å². The van der Waals surface area contributed by atoms with Crippen molar-refractivity contribution >= 4 is 0 Å². The van der Waals surface area contributed by atoms with Gasteiger partial charge in [-0.05, 0) is 31.6 Å². The molecule has 8 unspecified atom stereocenters. The molecule has 3 aliphatic heterocycles. The molecule has 76 valence electrons. The van der Waals surface area contributed by atoms with Gasteiger partial charge in [-0.25, -0.2) is 0 Å². The van der Waals surface area contributed by atoms with Gasteiger partial charge in [-0.1, -0.05) is 0 Å². The summed E-state index contributed by atoms with van der Waals surface area (Å²) < 4.78 is 18.0. The minimum Gasteiger partial charge on any atom is -0.346 e.